The number of nitrogens with one attached hydrogen (secondary N) is 1. The molecule has 3 aromatic rings. The molecule has 0 aliphatic heterocycles. The van der Waals surface area contributed by atoms with E-state index in [1.165, 1.54) is 6.07 Å². The highest BCUT2D eigenvalue weighted by Gasteiger charge is 2.05. The van der Waals surface area contributed by atoms with Crippen LogP contribution in [0, 0.1) is 12.7 Å². The van der Waals surface area contributed by atoms with Crippen molar-refractivity contribution >= 4 is 16.7 Å². The van der Waals surface area contributed by atoms with Gasteiger partial charge in [0.05, 0.1) is 5.69 Å². The lowest BCUT2D eigenvalue weighted by Crippen LogP contribution is -1.90. The van der Waals surface area contributed by atoms with Gasteiger partial charge in [0.2, 0.25) is 0 Å². The molecule has 4 heteroatoms. The van der Waals surface area contributed by atoms with Crippen LogP contribution in [0.15, 0.2) is 36.5 Å². The molecule has 0 bridgehead atoms. The number of hydrogen-bond acceptors (Lipinski definition) is 2. The lowest BCUT2D eigenvalue weighted by atomic mass is 10.1. The first-order valence-electron chi connectivity index (χ1n) is 5.64. The summed E-state index contributed by atoms with van der Waals surface area (Å²) in [6.45, 7) is 1.98. The Labute approximate surface area is 103 Å². The molecule has 3 rings (SSSR count). The van der Waals surface area contributed by atoms with E-state index in [1.54, 1.807) is 18.3 Å². The summed E-state index contributed by atoms with van der Waals surface area (Å²) in [7, 11) is 0. The van der Waals surface area contributed by atoms with Gasteiger partial charge in [0.25, 0.3) is 0 Å². The van der Waals surface area contributed by atoms with Gasteiger partial charge in [0.15, 0.2) is 0 Å². The maximum absolute atomic E-state index is 13.4. The van der Waals surface area contributed by atoms with E-state index in [0.29, 0.717) is 0 Å². The fourth-order valence-electron chi connectivity index (χ4n) is 2.02. The Bertz CT molecular complexity index is 731. The van der Waals surface area contributed by atoms with E-state index in [1.807, 2.05) is 19.1 Å². The molecule has 0 unspecified atom stereocenters. The van der Waals surface area contributed by atoms with Crippen LogP contribution in [0.4, 0.5) is 10.1 Å². The van der Waals surface area contributed by atoms with Gasteiger partial charge in [-0.15, -0.1) is 0 Å². The van der Waals surface area contributed by atoms with Crippen molar-refractivity contribution in [2.45, 2.75) is 6.92 Å². The zero-order valence-electron chi connectivity index (χ0n) is 9.87. The molecule has 0 saturated heterocycles. The number of hydrogen-bond donors (Lipinski definition) is 2. The van der Waals surface area contributed by atoms with Crippen LogP contribution in [0.25, 0.3) is 22.2 Å². The van der Waals surface area contributed by atoms with Crippen molar-refractivity contribution < 1.29 is 4.39 Å². The van der Waals surface area contributed by atoms with Crippen molar-refractivity contribution in [1.29, 1.82) is 0 Å². The molecule has 2 aromatic heterocycles. The van der Waals surface area contributed by atoms with E-state index in [-0.39, 0.29) is 5.69 Å². The molecule has 90 valence electrons. The second kappa shape index (κ2) is 3.84. The summed E-state index contributed by atoms with van der Waals surface area (Å²) in [5.41, 5.74) is 9.16. The number of rotatable bonds is 1. The second-order valence-corrected chi connectivity index (χ2v) is 4.35. The summed E-state index contributed by atoms with van der Waals surface area (Å²) in [5.74, 6) is -0.405. The number of H-pyrrole nitrogens is 1. The minimum atomic E-state index is -0.405. The summed E-state index contributed by atoms with van der Waals surface area (Å²) < 4.78 is 13.4. The first-order valence-corrected chi connectivity index (χ1v) is 5.64. The third-order valence-corrected chi connectivity index (χ3v) is 2.94. The average molecular weight is 241 g/mol. The molecule has 0 spiro atoms. The molecule has 0 amide bonds. The van der Waals surface area contributed by atoms with Crippen LogP contribution in [-0.2, 0) is 0 Å². The van der Waals surface area contributed by atoms with E-state index in [4.69, 9.17) is 5.73 Å². The second-order valence-electron chi connectivity index (χ2n) is 4.35. The molecule has 0 aliphatic carbocycles. The highest BCUT2D eigenvalue weighted by molar-refractivity contribution is 5.82. The van der Waals surface area contributed by atoms with Gasteiger partial charge in [-0.2, -0.15) is 0 Å². The third-order valence-electron chi connectivity index (χ3n) is 2.94. The minimum absolute atomic E-state index is 0.158. The highest BCUT2D eigenvalue weighted by Crippen LogP contribution is 2.25. The summed E-state index contributed by atoms with van der Waals surface area (Å²) in [6.07, 6.45) is 1.73. The standard InChI is InChI=1S/C14H12FN3/c1-8-4-10-5-11(7-17-14(10)18-8)9-2-3-13(16)12(15)6-9/h2-7H,16H2,1H3,(H,17,18). The van der Waals surface area contributed by atoms with E-state index in [9.17, 15) is 4.39 Å². The van der Waals surface area contributed by atoms with E-state index in [0.717, 1.165) is 27.9 Å². The molecule has 2 heterocycles. The lowest BCUT2D eigenvalue weighted by molar-refractivity contribution is 0.633. The van der Waals surface area contributed by atoms with Crippen molar-refractivity contribution in [3.8, 4) is 11.1 Å². The molecule has 3 nitrogen and oxygen atoms in total. The number of nitrogens with zero attached hydrogens (tertiary/aromatic N) is 1. The first kappa shape index (κ1) is 10.8. The molecule has 3 N–H and O–H groups in total. The molecular formula is C14H12FN3. The molecule has 1 aromatic carbocycles. The van der Waals surface area contributed by atoms with Gasteiger partial charge in [0, 0.05) is 22.8 Å². The number of fused-ring (bicyclic) bond motifs is 1. The third kappa shape index (κ3) is 1.72. The largest absolute Gasteiger partial charge is 0.396 e. The molecule has 18 heavy (non-hydrogen) atoms. The maximum Gasteiger partial charge on any atom is 0.146 e. The van der Waals surface area contributed by atoms with Gasteiger partial charge < -0.3 is 10.7 Å². The lowest BCUT2D eigenvalue weighted by Gasteiger charge is -2.03. The fourth-order valence-corrected chi connectivity index (χ4v) is 2.02. The Balaban J connectivity index is 2.15. The van der Waals surface area contributed by atoms with Crippen LogP contribution in [0.3, 0.4) is 0 Å². The Morgan fingerprint density at radius 2 is 2.00 bits per heavy atom. The van der Waals surface area contributed by atoms with Crippen molar-refractivity contribution in [2.24, 2.45) is 0 Å². The van der Waals surface area contributed by atoms with Gasteiger partial charge in [-0.25, -0.2) is 9.37 Å². The summed E-state index contributed by atoms with van der Waals surface area (Å²) >= 11 is 0. The van der Waals surface area contributed by atoms with Gasteiger partial charge >= 0.3 is 0 Å². The first-order chi connectivity index (χ1) is 8.63. The zero-order chi connectivity index (χ0) is 12.7. The topological polar surface area (TPSA) is 54.7 Å². The van der Waals surface area contributed by atoms with Crippen molar-refractivity contribution in [1.82, 2.24) is 9.97 Å². The number of nitrogens with two attached hydrogens (primary N) is 1. The average Bonchev–Trinajstić information content (AvgIpc) is 2.71. The van der Waals surface area contributed by atoms with Gasteiger partial charge in [-0.05, 0) is 36.8 Å². The number of anilines is 1. The Kier molecular flexibility index (Phi) is 2.30. The molecular weight excluding hydrogens is 229 g/mol. The van der Waals surface area contributed by atoms with Crippen LogP contribution in [-0.4, -0.2) is 9.97 Å². The van der Waals surface area contributed by atoms with Crippen molar-refractivity contribution in [2.75, 3.05) is 5.73 Å². The predicted octanol–water partition coefficient (Wildman–Crippen LogP) is 3.26. The SMILES string of the molecule is Cc1cc2cc(-c3ccc(N)c(F)c3)cnc2[nH]1. The number of aryl methyl sites for hydroxylation is 1. The van der Waals surface area contributed by atoms with E-state index < -0.39 is 5.82 Å². The molecule has 0 aliphatic rings. The van der Waals surface area contributed by atoms with E-state index in [2.05, 4.69) is 9.97 Å². The van der Waals surface area contributed by atoms with Crippen LogP contribution >= 0.6 is 0 Å². The monoisotopic (exact) mass is 241 g/mol. The maximum atomic E-state index is 13.4. The number of aromatic amines is 1. The van der Waals surface area contributed by atoms with Crippen molar-refractivity contribution in [3.63, 3.8) is 0 Å². The van der Waals surface area contributed by atoms with Crippen molar-refractivity contribution in [3.05, 3.63) is 48.0 Å². The normalized spacial score (nSPS) is 11.0. The number of benzene rings is 1. The molecule has 0 fully saturated rings. The van der Waals surface area contributed by atoms with Crippen LogP contribution in [0.2, 0.25) is 0 Å². The summed E-state index contributed by atoms with van der Waals surface area (Å²) in [6, 6.07) is 8.78. The number of pyridine rings is 1. The number of halogens is 1. The van der Waals surface area contributed by atoms with Gasteiger partial charge in [0.1, 0.15) is 11.5 Å². The smallest absolute Gasteiger partial charge is 0.146 e. The van der Waals surface area contributed by atoms with Gasteiger partial charge in [-0.1, -0.05) is 6.07 Å². The molecule has 0 atom stereocenters. The quantitative estimate of drug-likeness (QED) is 0.642. The zero-order valence-corrected chi connectivity index (χ0v) is 9.87. The number of aromatic nitrogens is 2. The Morgan fingerprint density at radius 3 is 2.78 bits per heavy atom. The van der Waals surface area contributed by atoms with Crippen LogP contribution in [0.1, 0.15) is 5.69 Å². The molecule has 0 radical (unpaired) electrons. The van der Waals surface area contributed by atoms with Crippen LogP contribution in [0.5, 0.6) is 0 Å². The number of nitrogen functional groups attached to an aromatic ring is 1. The summed E-state index contributed by atoms with van der Waals surface area (Å²) in [4.78, 5) is 7.47. The Morgan fingerprint density at radius 1 is 1.17 bits per heavy atom. The minimum Gasteiger partial charge on any atom is -0.396 e. The fraction of sp³-hybridized carbons (Fsp3) is 0.0714. The molecule has 0 saturated carbocycles. The predicted molar refractivity (Wildman–Crippen MR) is 70.6 cm³/mol. The van der Waals surface area contributed by atoms with Gasteiger partial charge in [-0.3, -0.25) is 0 Å². The van der Waals surface area contributed by atoms with Crippen LogP contribution < -0.4 is 5.73 Å². The summed E-state index contributed by atoms with van der Waals surface area (Å²) in [5, 5.41) is 1.02. The Hall–Kier alpha value is -2.36. The highest BCUT2D eigenvalue weighted by atomic mass is 19.1. The van der Waals surface area contributed by atoms with E-state index >= 15 is 0 Å².